The van der Waals surface area contributed by atoms with Crippen LogP contribution in [0.15, 0.2) is 66.9 Å². The van der Waals surface area contributed by atoms with E-state index in [0.29, 0.717) is 22.3 Å². The van der Waals surface area contributed by atoms with Gasteiger partial charge in [0.05, 0.1) is 22.4 Å². The van der Waals surface area contributed by atoms with Gasteiger partial charge in [-0.05, 0) is 48.2 Å². The van der Waals surface area contributed by atoms with Crippen molar-refractivity contribution in [3.63, 3.8) is 0 Å². The average molecular weight is 555 g/mol. The lowest BCUT2D eigenvalue weighted by atomic mass is 9.76. The fourth-order valence-corrected chi connectivity index (χ4v) is 6.47. The Kier molecular flexibility index (Phi) is 5.93. The zero-order valence-electron chi connectivity index (χ0n) is 22.1. The summed E-state index contributed by atoms with van der Waals surface area (Å²) in [4.78, 5) is 56.3. The number of rotatable bonds is 6. The number of non-ortho nitro benzene ring substituents is 1. The van der Waals surface area contributed by atoms with Crippen LogP contribution >= 0.6 is 0 Å². The second kappa shape index (κ2) is 9.27. The molecule has 41 heavy (non-hydrogen) atoms. The van der Waals surface area contributed by atoms with Gasteiger partial charge in [-0.15, -0.1) is 0 Å². The summed E-state index contributed by atoms with van der Waals surface area (Å²) in [5.41, 5.74) is 0.896. The number of imide groups is 1. The van der Waals surface area contributed by atoms with Gasteiger partial charge in [0.2, 0.25) is 11.8 Å². The number of hydrogen-bond donors (Lipinski definition) is 4. The van der Waals surface area contributed by atoms with Crippen molar-refractivity contribution in [2.45, 2.75) is 31.8 Å². The fourth-order valence-electron chi connectivity index (χ4n) is 6.47. The third kappa shape index (κ3) is 3.88. The van der Waals surface area contributed by atoms with Crippen molar-refractivity contribution in [2.24, 2.45) is 11.8 Å². The summed E-state index contributed by atoms with van der Waals surface area (Å²) in [7, 11) is 0. The lowest BCUT2D eigenvalue weighted by Gasteiger charge is -2.31. The number of aryl methyl sites for hydroxylation is 2. The molecule has 11 nitrogen and oxygen atoms in total. The largest absolute Gasteiger partial charge is 0.507 e. The molecule has 2 aliphatic heterocycles. The van der Waals surface area contributed by atoms with Crippen LogP contribution in [0.3, 0.4) is 0 Å². The number of phenolic OH excluding ortho intramolecular Hbond substituents is 1. The van der Waals surface area contributed by atoms with Gasteiger partial charge in [0.25, 0.3) is 5.69 Å². The van der Waals surface area contributed by atoms with Crippen LogP contribution in [-0.2, 0) is 20.8 Å². The number of nitro groups is 1. The van der Waals surface area contributed by atoms with Crippen LogP contribution in [0.2, 0.25) is 0 Å². The molecule has 2 amide bonds. The zero-order chi connectivity index (χ0) is 29.2. The van der Waals surface area contributed by atoms with E-state index in [1.165, 1.54) is 18.2 Å². The first-order chi connectivity index (χ1) is 19.5. The van der Waals surface area contributed by atoms with Crippen molar-refractivity contribution in [1.29, 1.82) is 0 Å². The van der Waals surface area contributed by atoms with Crippen molar-refractivity contribution in [2.75, 3.05) is 4.90 Å². The summed E-state index contributed by atoms with van der Waals surface area (Å²) >= 11 is 0. The molecule has 0 aliphatic carbocycles. The number of carbonyl (C=O) groups excluding carboxylic acids is 2. The van der Waals surface area contributed by atoms with Crippen molar-refractivity contribution < 1.29 is 29.5 Å². The normalized spacial score (nSPS) is 23.8. The highest BCUT2D eigenvalue weighted by molar-refractivity contribution is 6.24. The van der Waals surface area contributed by atoms with E-state index < -0.39 is 46.1 Å². The minimum absolute atomic E-state index is 0.00630. The van der Waals surface area contributed by atoms with Crippen molar-refractivity contribution in [3.8, 4) is 5.75 Å². The number of fused-ring (bicyclic) bond motifs is 2. The molecule has 3 heterocycles. The Morgan fingerprint density at radius 1 is 1.05 bits per heavy atom. The molecule has 1 aromatic heterocycles. The number of aromatic amines is 1. The lowest BCUT2D eigenvalue weighted by molar-refractivity contribution is -0.384. The number of carbonyl (C=O) groups is 3. The Bertz CT molecular complexity index is 1760. The first-order valence-corrected chi connectivity index (χ1v) is 13.0. The van der Waals surface area contributed by atoms with E-state index in [9.17, 15) is 34.7 Å². The molecule has 2 aliphatic rings. The van der Waals surface area contributed by atoms with Crippen LogP contribution < -0.4 is 10.2 Å². The van der Waals surface area contributed by atoms with E-state index in [4.69, 9.17) is 0 Å². The summed E-state index contributed by atoms with van der Waals surface area (Å²) in [5.74, 6) is -5.05. The molecule has 2 saturated heterocycles. The van der Waals surface area contributed by atoms with Crippen LogP contribution in [-0.4, -0.2) is 43.4 Å². The van der Waals surface area contributed by atoms with Crippen molar-refractivity contribution in [3.05, 3.63) is 99.2 Å². The molecular formula is C30H26N4O7. The molecule has 11 heteroatoms. The van der Waals surface area contributed by atoms with E-state index in [2.05, 4.69) is 10.3 Å². The number of benzene rings is 3. The molecule has 2 fully saturated rings. The molecule has 4 N–H and O–H groups in total. The Morgan fingerprint density at radius 2 is 1.76 bits per heavy atom. The number of nitrogens with one attached hydrogen (secondary N) is 2. The number of para-hydroxylation sites is 1. The highest BCUT2D eigenvalue weighted by atomic mass is 16.6. The smallest absolute Gasteiger partial charge is 0.325 e. The number of aromatic nitrogens is 1. The van der Waals surface area contributed by atoms with Crippen LogP contribution in [0.4, 0.5) is 11.4 Å². The molecular weight excluding hydrogens is 528 g/mol. The fraction of sp³-hybridized carbons (Fsp3) is 0.233. The topological polar surface area (TPSA) is 166 Å². The summed E-state index contributed by atoms with van der Waals surface area (Å²) in [6, 6.07) is 15.0. The number of nitro benzene ring substituents is 1. The third-order valence-electron chi connectivity index (χ3n) is 8.35. The third-order valence-corrected chi connectivity index (χ3v) is 8.35. The molecule has 208 valence electrons. The van der Waals surface area contributed by atoms with Crippen LogP contribution in [0.25, 0.3) is 10.9 Å². The number of carboxylic acid groups (broad SMARTS) is 1. The lowest BCUT2D eigenvalue weighted by Crippen LogP contribution is -2.57. The van der Waals surface area contributed by atoms with Crippen LogP contribution in [0.5, 0.6) is 5.75 Å². The molecule has 6 rings (SSSR count). The number of carboxylic acids is 1. The number of H-pyrrole nitrogens is 1. The summed E-state index contributed by atoms with van der Waals surface area (Å²) in [5, 5.41) is 36.6. The standard InChI is InChI=1S/C30H26N4O7/c1-15-10-17(11-16(2)26(15)35)25-23-24(28(37)33(27(23)36)19-6-5-7-20(12-19)34(40)41)30(32-25,29(38)39)13-18-14-31-22-9-4-3-8-21(18)22/h3-12,14,23-25,31-32,35H,13H2,1-2H3,(H,38,39). The SMILES string of the molecule is Cc1cc(C2NC(Cc3c[nH]c4ccccc34)(C(=O)O)C3C(=O)N(c4cccc([N+](=O)[O-])c4)C(=O)C23)cc(C)c1O. The van der Waals surface area contributed by atoms with E-state index in [1.54, 1.807) is 32.2 Å². The van der Waals surface area contributed by atoms with Gasteiger partial charge in [-0.25, -0.2) is 4.90 Å². The zero-order valence-corrected chi connectivity index (χ0v) is 22.1. The Morgan fingerprint density at radius 3 is 2.44 bits per heavy atom. The quantitative estimate of drug-likeness (QED) is 0.158. The van der Waals surface area contributed by atoms with E-state index >= 15 is 0 Å². The maximum Gasteiger partial charge on any atom is 0.325 e. The van der Waals surface area contributed by atoms with Gasteiger partial charge in [-0.2, -0.15) is 0 Å². The number of anilines is 1. The predicted octanol–water partition coefficient (Wildman–Crippen LogP) is 3.91. The summed E-state index contributed by atoms with van der Waals surface area (Å²) < 4.78 is 0. The van der Waals surface area contributed by atoms with Crippen molar-refractivity contribution in [1.82, 2.24) is 10.3 Å². The van der Waals surface area contributed by atoms with Crippen LogP contribution in [0.1, 0.15) is 28.3 Å². The summed E-state index contributed by atoms with van der Waals surface area (Å²) in [6.07, 6.45) is 1.59. The molecule has 4 atom stereocenters. The second-order valence-electron chi connectivity index (χ2n) is 10.7. The first kappa shape index (κ1) is 26.2. The minimum atomic E-state index is -1.89. The van der Waals surface area contributed by atoms with Gasteiger partial charge < -0.3 is 15.2 Å². The maximum atomic E-state index is 14.1. The minimum Gasteiger partial charge on any atom is -0.507 e. The Labute approximate surface area is 233 Å². The summed E-state index contributed by atoms with van der Waals surface area (Å²) in [6.45, 7) is 3.40. The first-order valence-electron chi connectivity index (χ1n) is 13.0. The molecule has 0 spiro atoms. The van der Waals surface area contributed by atoms with Gasteiger partial charge >= 0.3 is 5.97 Å². The molecule has 0 bridgehead atoms. The van der Waals surface area contributed by atoms with Gasteiger partial charge in [0.1, 0.15) is 11.3 Å². The average Bonchev–Trinajstić information content (AvgIpc) is 3.59. The molecule has 4 aromatic rings. The highest BCUT2D eigenvalue weighted by Crippen LogP contribution is 2.52. The van der Waals surface area contributed by atoms with E-state index in [0.717, 1.165) is 21.9 Å². The van der Waals surface area contributed by atoms with Gasteiger partial charge in [-0.1, -0.05) is 36.4 Å². The molecule has 4 unspecified atom stereocenters. The number of amides is 2. The Hall–Kier alpha value is -5.03. The molecule has 0 saturated carbocycles. The molecule has 3 aromatic carbocycles. The molecule has 0 radical (unpaired) electrons. The monoisotopic (exact) mass is 554 g/mol. The number of phenols is 1. The highest BCUT2D eigenvalue weighted by Gasteiger charge is 2.68. The number of aliphatic carboxylic acids is 1. The van der Waals surface area contributed by atoms with E-state index in [-0.39, 0.29) is 23.5 Å². The van der Waals surface area contributed by atoms with Crippen LogP contribution in [0, 0.1) is 35.8 Å². The predicted molar refractivity (Wildman–Crippen MR) is 148 cm³/mol. The van der Waals surface area contributed by atoms with Gasteiger partial charge in [0, 0.05) is 41.7 Å². The van der Waals surface area contributed by atoms with E-state index in [1.807, 2.05) is 24.3 Å². The number of hydrogen-bond acceptors (Lipinski definition) is 7. The maximum absolute atomic E-state index is 14.1. The number of aromatic hydroxyl groups is 1. The second-order valence-corrected chi connectivity index (χ2v) is 10.7. The van der Waals surface area contributed by atoms with Gasteiger partial charge in [0.15, 0.2) is 0 Å². The van der Waals surface area contributed by atoms with Crippen molar-refractivity contribution >= 4 is 40.1 Å². The number of nitrogens with zero attached hydrogens (tertiary/aromatic N) is 2. The van der Waals surface area contributed by atoms with Gasteiger partial charge in [-0.3, -0.25) is 29.8 Å². The Balaban J connectivity index is 1.53.